The minimum absolute atomic E-state index is 0.367. The molecule has 1 atom stereocenters. The van der Waals surface area contributed by atoms with Gasteiger partial charge in [-0.3, -0.25) is 4.84 Å². The van der Waals surface area contributed by atoms with Gasteiger partial charge >= 0.3 is 0 Å². The minimum Gasteiger partial charge on any atom is -0.555 e. The molecule has 0 amide bonds. The fourth-order valence-corrected chi connectivity index (χ4v) is 2.83. The number of nitrogens with two attached hydrogens (primary N) is 1. The molecule has 6 nitrogen and oxygen atoms in total. The van der Waals surface area contributed by atoms with Gasteiger partial charge < -0.3 is 5.21 Å². The third-order valence-electron chi connectivity index (χ3n) is 4.20. The molecule has 0 heterocycles. The summed E-state index contributed by atoms with van der Waals surface area (Å²) in [5.74, 6) is 5.16. The molecule has 6 heteroatoms. The number of hydrogen-bond donors (Lipinski definition) is 2. The summed E-state index contributed by atoms with van der Waals surface area (Å²) < 4.78 is 0.475. The normalized spacial score (nSPS) is 12.6. The quantitative estimate of drug-likeness (QED) is 0.535. The third kappa shape index (κ3) is 3.53. The molecule has 0 aromatic heterocycles. The first kappa shape index (κ1) is 17.1. The maximum absolute atomic E-state index is 11.1. The van der Waals surface area contributed by atoms with Crippen molar-refractivity contribution in [2.75, 3.05) is 7.05 Å². The Balaban J connectivity index is 2.04. The van der Waals surface area contributed by atoms with Gasteiger partial charge in [0.25, 0.3) is 0 Å². The van der Waals surface area contributed by atoms with Gasteiger partial charge in [-0.1, -0.05) is 41.3 Å². The van der Waals surface area contributed by atoms with Crippen LogP contribution >= 0.6 is 0 Å². The molecular formula is C19H20N3O3+. The van der Waals surface area contributed by atoms with Crippen molar-refractivity contribution in [1.82, 2.24) is 4.48 Å². The van der Waals surface area contributed by atoms with Crippen molar-refractivity contribution in [2.45, 2.75) is 0 Å². The monoisotopic (exact) mass is 338 g/mol. The van der Waals surface area contributed by atoms with Gasteiger partial charge in [-0.2, -0.15) is 5.90 Å². The molecule has 1 unspecified atom stereocenters. The molecule has 0 spiro atoms. The van der Waals surface area contributed by atoms with Gasteiger partial charge in [0.15, 0.2) is 5.75 Å². The van der Waals surface area contributed by atoms with Gasteiger partial charge in [0, 0.05) is 12.1 Å². The van der Waals surface area contributed by atoms with Crippen molar-refractivity contribution in [1.29, 1.82) is 0 Å². The molecule has 128 valence electrons. The second kappa shape index (κ2) is 7.43. The van der Waals surface area contributed by atoms with E-state index in [0.29, 0.717) is 10.2 Å². The summed E-state index contributed by atoms with van der Waals surface area (Å²) in [5, 5.41) is 10.2. The van der Waals surface area contributed by atoms with E-state index in [9.17, 15) is 5.21 Å². The Kier molecular flexibility index (Phi) is 5.08. The maximum atomic E-state index is 11.1. The highest BCUT2D eigenvalue weighted by Crippen LogP contribution is 2.41. The second-order valence-electron chi connectivity index (χ2n) is 5.64. The van der Waals surface area contributed by atoms with Crippen molar-refractivity contribution in [3.8, 4) is 5.75 Å². The van der Waals surface area contributed by atoms with Gasteiger partial charge in [-0.25, -0.2) is 4.48 Å². The van der Waals surface area contributed by atoms with Gasteiger partial charge in [-0.15, -0.1) is 0 Å². The maximum Gasteiger partial charge on any atom is 0.195 e. The molecule has 0 aliphatic heterocycles. The third-order valence-corrected chi connectivity index (χ3v) is 4.20. The summed E-state index contributed by atoms with van der Waals surface area (Å²) in [4.78, 5) is 8.97. The first-order valence-electron chi connectivity index (χ1n) is 7.81. The van der Waals surface area contributed by atoms with Crippen LogP contribution in [0.2, 0.25) is 0 Å². The summed E-state index contributed by atoms with van der Waals surface area (Å²) in [6, 6.07) is 27.7. The van der Waals surface area contributed by atoms with Crippen molar-refractivity contribution in [3.63, 3.8) is 0 Å². The van der Waals surface area contributed by atoms with Gasteiger partial charge in [0.05, 0.1) is 7.05 Å². The van der Waals surface area contributed by atoms with Gasteiger partial charge in [0.1, 0.15) is 17.1 Å². The fourth-order valence-electron chi connectivity index (χ4n) is 2.83. The number of benzene rings is 3. The average Bonchev–Trinajstić information content (AvgIpc) is 2.69. The molecule has 3 aromatic rings. The Labute approximate surface area is 146 Å². The molecule has 0 saturated carbocycles. The van der Waals surface area contributed by atoms with E-state index in [1.54, 1.807) is 12.1 Å². The van der Waals surface area contributed by atoms with Crippen molar-refractivity contribution in [3.05, 3.63) is 90.1 Å². The van der Waals surface area contributed by atoms with Crippen LogP contribution in [-0.2, 0) is 4.94 Å². The van der Waals surface area contributed by atoms with Crippen LogP contribution in [0.15, 0.2) is 84.9 Å². The van der Waals surface area contributed by atoms with Crippen LogP contribution in [0.3, 0.4) is 0 Å². The van der Waals surface area contributed by atoms with Gasteiger partial charge in [0.2, 0.25) is 0 Å². The standard InChI is InChI=1S/C19H20N3O3/c1-22(16-8-4-2-5-9-16,17-10-6-3-7-11-17)18-12-14-19(15-13-18)24-21(23)25-20/h2-15,21H,20H2,1H3/q+1. The Morgan fingerprint density at radius 1 is 0.760 bits per heavy atom. The predicted molar refractivity (Wildman–Crippen MR) is 96.6 cm³/mol. The number of para-hydroxylation sites is 2. The summed E-state index contributed by atoms with van der Waals surface area (Å²) in [7, 11) is 2.12. The van der Waals surface area contributed by atoms with Gasteiger partial charge in [-0.05, 0) is 41.8 Å². The zero-order chi connectivity index (χ0) is 17.7. The van der Waals surface area contributed by atoms with Crippen LogP contribution in [0, 0.1) is 5.21 Å². The van der Waals surface area contributed by atoms with E-state index in [2.05, 4.69) is 36.3 Å². The molecule has 0 radical (unpaired) electrons. The lowest BCUT2D eigenvalue weighted by Gasteiger charge is -2.33. The second-order valence-corrected chi connectivity index (χ2v) is 5.64. The molecule has 3 rings (SSSR count). The number of rotatable bonds is 6. The van der Waals surface area contributed by atoms with E-state index in [-0.39, 0.29) is 0 Å². The van der Waals surface area contributed by atoms with Crippen LogP contribution in [0.1, 0.15) is 0 Å². The Morgan fingerprint density at radius 2 is 1.20 bits per heavy atom. The predicted octanol–water partition coefficient (Wildman–Crippen LogP) is 2.77. The highest BCUT2D eigenvalue weighted by atomic mass is 17.1. The SMILES string of the molecule is C[N+](c1ccccc1)(c1ccccc1)c1ccc(O[NH+]([O-])ON)cc1. The van der Waals surface area contributed by atoms with E-state index in [1.165, 1.54) is 0 Å². The zero-order valence-corrected chi connectivity index (χ0v) is 13.8. The zero-order valence-electron chi connectivity index (χ0n) is 13.8. The molecular weight excluding hydrogens is 318 g/mol. The minimum atomic E-state index is -0.948. The Morgan fingerprint density at radius 3 is 1.64 bits per heavy atom. The van der Waals surface area contributed by atoms with Crippen LogP contribution in [0.5, 0.6) is 5.75 Å². The first-order chi connectivity index (χ1) is 12.1. The van der Waals surface area contributed by atoms with E-state index >= 15 is 0 Å². The lowest BCUT2D eigenvalue weighted by atomic mass is 10.1. The summed E-state index contributed by atoms with van der Waals surface area (Å²) in [6.07, 6.45) is 0. The largest absolute Gasteiger partial charge is 0.555 e. The molecule has 0 bridgehead atoms. The van der Waals surface area contributed by atoms with Crippen LogP contribution < -0.4 is 20.6 Å². The fraction of sp³-hybridized carbons (Fsp3) is 0.0526. The highest BCUT2D eigenvalue weighted by molar-refractivity contribution is 5.70. The Bertz CT molecular complexity index is 756. The first-order valence-corrected chi connectivity index (χ1v) is 7.81. The molecule has 0 aliphatic rings. The van der Waals surface area contributed by atoms with E-state index in [0.717, 1.165) is 17.1 Å². The lowest BCUT2D eigenvalue weighted by Crippen LogP contribution is -3.09. The number of nitrogens with one attached hydrogen (secondary N) is 1. The number of nitrogens with zero attached hydrogens (tertiary/aromatic N) is 1. The van der Waals surface area contributed by atoms with Crippen molar-refractivity contribution < 1.29 is 15.2 Å². The molecule has 25 heavy (non-hydrogen) atoms. The summed E-state index contributed by atoms with van der Waals surface area (Å²) >= 11 is 0. The summed E-state index contributed by atoms with van der Waals surface area (Å²) in [5.41, 5.74) is 3.25. The van der Waals surface area contributed by atoms with Crippen LogP contribution in [-0.4, -0.2) is 7.05 Å². The average molecular weight is 338 g/mol. The van der Waals surface area contributed by atoms with E-state index < -0.39 is 5.39 Å². The van der Waals surface area contributed by atoms with E-state index in [4.69, 9.17) is 10.7 Å². The molecule has 3 aromatic carbocycles. The summed E-state index contributed by atoms with van der Waals surface area (Å²) in [6.45, 7) is 0. The molecule has 0 aliphatic carbocycles. The topological polar surface area (TPSA) is 72.0 Å². The van der Waals surface area contributed by atoms with Crippen LogP contribution in [0.25, 0.3) is 0 Å². The van der Waals surface area contributed by atoms with Crippen molar-refractivity contribution >= 4 is 17.1 Å². The lowest BCUT2D eigenvalue weighted by molar-refractivity contribution is -1.19. The molecule has 0 fully saturated rings. The van der Waals surface area contributed by atoms with Crippen LogP contribution in [0.4, 0.5) is 17.1 Å². The highest BCUT2D eigenvalue weighted by Gasteiger charge is 2.31. The van der Waals surface area contributed by atoms with Crippen molar-refractivity contribution in [2.24, 2.45) is 5.90 Å². The smallest absolute Gasteiger partial charge is 0.195 e. The number of hydrogen-bond acceptors (Lipinski definition) is 4. The molecule has 0 saturated heterocycles. The molecule has 3 N–H and O–H groups in total. The van der Waals surface area contributed by atoms with E-state index in [1.807, 2.05) is 48.5 Å². The number of quaternary nitrogens is 2. The Hall–Kier alpha value is -2.74.